The van der Waals surface area contributed by atoms with E-state index >= 15 is 0 Å². The topological polar surface area (TPSA) is 107 Å². The van der Waals surface area contributed by atoms with Gasteiger partial charge in [-0.25, -0.2) is 9.59 Å². The molecule has 30 heavy (non-hydrogen) atoms. The number of esters is 3. The molecule has 9 nitrogen and oxygen atoms in total. The normalized spacial score (nSPS) is 11.5. The molecule has 168 valence electrons. The molecule has 0 aliphatic heterocycles. The van der Waals surface area contributed by atoms with Crippen molar-refractivity contribution in [1.29, 1.82) is 0 Å². The summed E-state index contributed by atoms with van der Waals surface area (Å²) in [6, 6.07) is 0. The van der Waals surface area contributed by atoms with Gasteiger partial charge < -0.3 is 28.4 Å². The first-order valence-corrected chi connectivity index (χ1v) is 9.53. The van der Waals surface area contributed by atoms with Gasteiger partial charge in [-0.15, -0.1) is 11.6 Å². The smallest absolute Gasteiger partial charge is 0.345 e. The number of alkyl halides is 1. The summed E-state index contributed by atoms with van der Waals surface area (Å²) in [6.45, 7) is 3.82. The number of benzene rings is 1. The van der Waals surface area contributed by atoms with E-state index in [-0.39, 0.29) is 45.7 Å². The van der Waals surface area contributed by atoms with Gasteiger partial charge in [0.1, 0.15) is 34.6 Å². The van der Waals surface area contributed by atoms with Gasteiger partial charge in [-0.1, -0.05) is 13.8 Å². The van der Waals surface area contributed by atoms with Crippen molar-refractivity contribution in [3.63, 3.8) is 0 Å². The maximum absolute atomic E-state index is 12.6. The van der Waals surface area contributed by atoms with Crippen molar-refractivity contribution in [3.8, 4) is 17.2 Å². The second-order valence-electron chi connectivity index (χ2n) is 6.49. The molecule has 0 amide bonds. The molecule has 0 unspecified atom stereocenters. The van der Waals surface area contributed by atoms with Gasteiger partial charge in [0.25, 0.3) is 0 Å². The quantitative estimate of drug-likeness (QED) is 0.304. The molecule has 1 aromatic rings. The Morgan fingerprint density at radius 3 is 1.53 bits per heavy atom. The number of ether oxygens (including phenoxy) is 6. The Labute approximate surface area is 180 Å². The highest BCUT2D eigenvalue weighted by Gasteiger charge is 2.38. The standard InChI is InChI=1S/C20H27ClO9/c1-10(2)8-11(30-12(22)9-21)13-16(25-3)14(19(23)28-6)18(27-5)15(17(13)26-4)20(24)29-7/h10-11H,8-9H2,1-7H3/t11-/m1/s1. The molecule has 0 heterocycles. The third kappa shape index (κ3) is 5.27. The molecule has 0 radical (unpaired) electrons. The molecular formula is C20H27ClO9. The average Bonchev–Trinajstić information content (AvgIpc) is 2.74. The van der Waals surface area contributed by atoms with Crippen LogP contribution in [0.3, 0.4) is 0 Å². The Morgan fingerprint density at radius 1 is 0.800 bits per heavy atom. The average molecular weight is 447 g/mol. The highest BCUT2D eigenvalue weighted by atomic mass is 35.5. The van der Waals surface area contributed by atoms with Crippen LogP contribution in [0.4, 0.5) is 0 Å². The third-order valence-corrected chi connectivity index (χ3v) is 4.40. The molecule has 0 saturated heterocycles. The van der Waals surface area contributed by atoms with E-state index in [0.717, 1.165) is 0 Å². The van der Waals surface area contributed by atoms with Crippen LogP contribution >= 0.6 is 11.6 Å². The van der Waals surface area contributed by atoms with E-state index in [1.54, 1.807) is 0 Å². The van der Waals surface area contributed by atoms with E-state index in [4.69, 9.17) is 40.0 Å². The summed E-state index contributed by atoms with van der Waals surface area (Å²) in [5, 5.41) is 0. The molecule has 0 aliphatic carbocycles. The number of rotatable bonds is 10. The maximum Gasteiger partial charge on any atom is 0.345 e. The third-order valence-electron chi connectivity index (χ3n) is 4.18. The van der Waals surface area contributed by atoms with Crippen LogP contribution in [-0.2, 0) is 19.0 Å². The van der Waals surface area contributed by atoms with Gasteiger partial charge in [-0.3, -0.25) is 4.79 Å². The second kappa shape index (κ2) is 11.5. The van der Waals surface area contributed by atoms with E-state index in [1.165, 1.54) is 35.5 Å². The van der Waals surface area contributed by atoms with Crippen LogP contribution in [0.2, 0.25) is 0 Å². The number of methoxy groups -OCH3 is 5. The fraction of sp³-hybridized carbons (Fsp3) is 0.550. The molecule has 0 saturated carbocycles. The summed E-state index contributed by atoms with van der Waals surface area (Å²) < 4.78 is 31.6. The van der Waals surface area contributed by atoms with Crippen molar-refractivity contribution in [2.45, 2.75) is 26.4 Å². The molecular weight excluding hydrogens is 420 g/mol. The van der Waals surface area contributed by atoms with E-state index in [2.05, 4.69) is 0 Å². The van der Waals surface area contributed by atoms with Crippen LogP contribution in [0.15, 0.2) is 0 Å². The number of halogens is 1. The summed E-state index contributed by atoms with van der Waals surface area (Å²) in [5.41, 5.74) is -0.183. The highest BCUT2D eigenvalue weighted by Crippen LogP contribution is 2.49. The number of carbonyl (C=O) groups excluding carboxylic acids is 3. The second-order valence-corrected chi connectivity index (χ2v) is 6.76. The molecule has 0 aliphatic rings. The summed E-state index contributed by atoms with van der Waals surface area (Å²) in [6.07, 6.45) is -0.623. The molecule has 0 N–H and O–H groups in total. The minimum absolute atomic E-state index is 0.0174. The minimum atomic E-state index is -0.945. The summed E-state index contributed by atoms with van der Waals surface area (Å²) >= 11 is 5.62. The molecule has 10 heteroatoms. The van der Waals surface area contributed by atoms with Crippen LogP contribution in [0.5, 0.6) is 17.2 Å². The van der Waals surface area contributed by atoms with Crippen molar-refractivity contribution in [1.82, 2.24) is 0 Å². The summed E-state index contributed by atoms with van der Waals surface area (Å²) in [5.74, 6) is -2.87. The predicted molar refractivity (Wildman–Crippen MR) is 108 cm³/mol. The van der Waals surface area contributed by atoms with Crippen LogP contribution < -0.4 is 14.2 Å². The lowest BCUT2D eigenvalue weighted by Gasteiger charge is -2.27. The Kier molecular flexibility index (Phi) is 9.71. The molecule has 1 rings (SSSR count). The zero-order valence-corrected chi connectivity index (χ0v) is 18.9. The molecule has 1 atom stereocenters. The van der Waals surface area contributed by atoms with Gasteiger partial charge in [0.15, 0.2) is 5.75 Å². The van der Waals surface area contributed by atoms with Gasteiger partial charge >= 0.3 is 17.9 Å². The van der Waals surface area contributed by atoms with Crippen molar-refractivity contribution >= 4 is 29.5 Å². The van der Waals surface area contributed by atoms with Crippen molar-refractivity contribution < 1.29 is 42.8 Å². The Hall–Kier alpha value is -2.68. The van der Waals surface area contributed by atoms with Crippen molar-refractivity contribution in [2.75, 3.05) is 41.4 Å². The predicted octanol–water partition coefficient (Wildman–Crippen LogP) is 3.15. The first kappa shape index (κ1) is 25.4. The van der Waals surface area contributed by atoms with Crippen LogP contribution in [0.25, 0.3) is 0 Å². The fourth-order valence-electron chi connectivity index (χ4n) is 3.04. The summed E-state index contributed by atoms with van der Waals surface area (Å²) in [7, 11) is 6.24. The van der Waals surface area contributed by atoms with Gasteiger partial charge in [0.05, 0.1) is 41.1 Å². The molecule has 0 fully saturated rings. The first-order valence-electron chi connectivity index (χ1n) is 8.99. The van der Waals surface area contributed by atoms with Crippen molar-refractivity contribution in [3.05, 3.63) is 16.7 Å². The lowest BCUT2D eigenvalue weighted by atomic mass is 9.92. The van der Waals surface area contributed by atoms with E-state index in [9.17, 15) is 14.4 Å². The Bertz CT molecular complexity index is 744. The highest BCUT2D eigenvalue weighted by molar-refractivity contribution is 6.26. The van der Waals surface area contributed by atoms with E-state index in [0.29, 0.717) is 6.42 Å². The lowest BCUT2D eigenvalue weighted by Crippen LogP contribution is -2.21. The van der Waals surface area contributed by atoms with Crippen LogP contribution in [-0.4, -0.2) is 59.3 Å². The monoisotopic (exact) mass is 446 g/mol. The zero-order chi connectivity index (χ0) is 23.0. The van der Waals surface area contributed by atoms with E-state index in [1.807, 2.05) is 13.8 Å². The van der Waals surface area contributed by atoms with Gasteiger partial charge in [0, 0.05) is 0 Å². The van der Waals surface area contributed by atoms with Crippen LogP contribution in [0, 0.1) is 5.92 Å². The number of carbonyl (C=O) groups is 3. The minimum Gasteiger partial charge on any atom is -0.495 e. The van der Waals surface area contributed by atoms with Crippen molar-refractivity contribution in [2.24, 2.45) is 5.92 Å². The zero-order valence-electron chi connectivity index (χ0n) is 18.1. The molecule has 1 aromatic carbocycles. The first-order chi connectivity index (χ1) is 14.2. The van der Waals surface area contributed by atoms with Gasteiger partial charge in [0.2, 0.25) is 0 Å². The SMILES string of the molecule is COC(=O)c1c(OC)c(C(=O)OC)c(OC)c([C@@H](CC(C)C)OC(=O)CCl)c1OC. The maximum atomic E-state index is 12.6. The number of hydrogen-bond donors (Lipinski definition) is 0. The van der Waals surface area contributed by atoms with Crippen LogP contribution in [0.1, 0.15) is 52.7 Å². The summed E-state index contributed by atoms with van der Waals surface area (Å²) in [4.78, 5) is 37.2. The lowest BCUT2D eigenvalue weighted by molar-refractivity contribution is -0.147. The largest absolute Gasteiger partial charge is 0.495 e. The van der Waals surface area contributed by atoms with Gasteiger partial charge in [-0.2, -0.15) is 0 Å². The molecule has 0 bridgehead atoms. The van der Waals surface area contributed by atoms with Gasteiger partial charge in [-0.05, 0) is 12.3 Å². The Balaban J connectivity index is 4.12. The number of hydrogen-bond acceptors (Lipinski definition) is 9. The fourth-order valence-corrected chi connectivity index (χ4v) is 3.11. The molecule has 0 spiro atoms. The Morgan fingerprint density at radius 2 is 1.23 bits per heavy atom. The molecule has 0 aromatic heterocycles. The van der Waals surface area contributed by atoms with E-state index < -0.39 is 24.0 Å².